The van der Waals surface area contributed by atoms with Crippen LogP contribution in [-0.4, -0.2) is 43.0 Å². The van der Waals surface area contributed by atoms with Crippen LogP contribution < -0.4 is 14.8 Å². The van der Waals surface area contributed by atoms with Crippen molar-refractivity contribution in [1.82, 2.24) is 10.2 Å². The Kier molecular flexibility index (Phi) is 8.52. The second-order valence-electron chi connectivity index (χ2n) is 6.79. The molecule has 0 aliphatic heterocycles. The molecule has 0 radical (unpaired) electrons. The van der Waals surface area contributed by atoms with E-state index in [0.717, 1.165) is 11.1 Å². The van der Waals surface area contributed by atoms with Gasteiger partial charge in [-0.15, -0.1) is 0 Å². The summed E-state index contributed by atoms with van der Waals surface area (Å²) >= 11 is 0. The van der Waals surface area contributed by atoms with Gasteiger partial charge in [-0.2, -0.15) is 0 Å². The first-order valence-corrected chi connectivity index (χ1v) is 9.88. The molecule has 0 aromatic heterocycles. The van der Waals surface area contributed by atoms with Gasteiger partial charge < -0.3 is 19.7 Å². The predicted octanol–water partition coefficient (Wildman–Crippen LogP) is 3.33. The molecule has 0 aliphatic carbocycles. The highest BCUT2D eigenvalue weighted by Crippen LogP contribution is 2.18. The van der Waals surface area contributed by atoms with Crippen LogP contribution in [0.4, 0.5) is 0 Å². The van der Waals surface area contributed by atoms with E-state index in [9.17, 15) is 9.59 Å². The summed E-state index contributed by atoms with van der Waals surface area (Å²) < 4.78 is 10.8. The van der Waals surface area contributed by atoms with E-state index in [1.54, 1.807) is 36.3 Å². The molecule has 2 rings (SSSR count). The van der Waals surface area contributed by atoms with Crippen LogP contribution in [0.2, 0.25) is 0 Å². The number of hydrogen-bond acceptors (Lipinski definition) is 4. The fraction of sp³-hybridized carbons (Fsp3) is 0.391. The average molecular weight is 399 g/mol. The third-order valence-electron chi connectivity index (χ3n) is 4.59. The SMILES string of the molecule is CCNC(=O)[C@@H](CC)N(Cc1cccc(C)c1)C(=O)COc1ccc(OC)cc1. The average Bonchev–Trinajstić information content (AvgIpc) is 2.72. The maximum Gasteiger partial charge on any atom is 0.261 e. The summed E-state index contributed by atoms with van der Waals surface area (Å²) in [5.41, 5.74) is 2.08. The van der Waals surface area contributed by atoms with Gasteiger partial charge in [-0.05, 0) is 50.1 Å². The monoisotopic (exact) mass is 398 g/mol. The molecule has 0 saturated carbocycles. The highest BCUT2D eigenvalue weighted by atomic mass is 16.5. The lowest BCUT2D eigenvalue weighted by Gasteiger charge is -2.30. The number of methoxy groups -OCH3 is 1. The summed E-state index contributed by atoms with van der Waals surface area (Å²) in [5, 5.41) is 2.83. The van der Waals surface area contributed by atoms with Crippen LogP contribution in [0.3, 0.4) is 0 Å². The van der Waals surface area contributed by atoms with Gasteiger partial charge >= 0.3 is 0 Å². The number of nitrogens with one attached hydrogen (secondary N) is 1. The molecule has 156 valence electrons. The van der Waals surface area contributed by atoms with Crippen molar-refractivity contribution in [3.05, 3.63) is 59.7 Å². The smallest absolute Gasteiger partial charge is 0.261 e. The second-order valence-corrected chi connectivity index (χ2v) is 6.79. The van der Waals surface area contributed by atoms with E-state index in [-0.39, 0.29) is 18.4 Å². The lowest BCUT2D eigenvalue weighted by Crippen LogP contribution is -2.50. The van der Waals surface area contributed by atoms with E-state index in [1.807, 2.05) is 45.0 Å². The van der Waals surface area contributed by atoms with Crippen LogP contribution in [0, 0.1) is 6.92 Å². The Bertz CT molecular complexity index is 805. The number of likely N-dealkylation sites (N-methyl/N-ethyl adjacent to an activating group) is 1. The highest BCUT2D eigenvalue weighted by Gasteiger charge is 2.28. The second kappa shape index (κ2) is 11.1. The van der Waals surface area contributed by atoms with Gasteiger partial charge in [-0.1, -0.05) is 36.8 Å². The molecular weight excluding hydrogens is 368 g/mol. The quantitative estimate of drug-likeness (QED) is 0.667. The minimum absolute atomic E-state index is 0.145. The molecule has 2 aromatic rings. The number of hydrogen-bond donors (Lipinski definition) is 1. The Morgan fingerprint density at radius 1 is 1.07 bits per heavy atom. The maximum atomic E-state index is 13.0. The lowest BCUT2D eigenvalue weighted by atomic mass is 10.1. The van der Waals surface area contributed by atoms with E-state index in [1.165, 1.54) is 0 Å². The Morgan fingerprint density at radius 2 is 1.76 bits per heavy atom. The lowest BCUT2D eigenvalue weighted by molar-refractivity contribution is -0.142. The molecule has 0 spiro atoms. The van der Waals surface area contributed by atoms with E-state index < -0.39 is 6.04 Å². The summed E-state index contributed by atoms with van der Waals surface area (Å²) in [5.74, 6) is 0.897. The van der Waals surface area contributed by atoms with Crippen molar-refractivity contribution in [2.24, 2.45) is 0 Å². The minimum Gasteiger partial charge on any atom is -0.497 e. The van der Waals surface area contributed by atoms with Crippen molar-refractivity contribution < 1.29 is 19.1 Å². The Morgan fingerprint density at radius 3 is 2.34 bits per heavy atom. The number of benzene rings is 2. The molecule has 2 aromatic carbocycles. The summed E-state index contributed by atoms with van der Waals surface area (Å²) in [4.78, 5) is 27.2. The summed E-state index contributed by atoms with van der Waals surface area (Å²) in [6.07, 6.45) is 0.520. The van der Waals surface area contributed by atoms with Crippen molar-refractivity contribution in [2.75, 3.05) is 20.3 Å². The topological polar surface area (TPSA) is 67.9 Å². The fourth-order valence-corrected chi connectivity index (χ4v) is 3.12. The molecule has 6 nitrogen and oxygen atoms in total. The van der Waals surface area contributed by atoms with Gasteiger partial charge in [0.15, 0.2) is 6.61 Å². The molecular formula is C23H30N2O4. The molecule has 0 saturated heterocycles. The van der Waals surface area contributed by atoms with E-state index in [4.69, 9.17) is 9.47 Å². The number of ether oxygens (including phenoxy) is 2. The molecule has 6 heteroatoms. The normalized spacial score (nSPS) is 11.4. The standard InChI is InChI=1S/C23H30N2O4/c1-5-21(23(27)24-6-2)25(15-18-9-7-8-17(3)14-18)22(26)16-29-20-12-10-19(28-4)11-13-20/h7-14,21H,5-6,15-16H2,1-4H3,(H,24,27)/t21-/m1/s1. The number of carbonyl (C=O) groups is 2. The number of amides is 2. The fourth-order valence-electron chi connectivity index (χ4n) is 3.12. The van der Waals surface area contributed by atoms with Gasteiger partial charge in [0.25, 0.3) is 5.91 Å². The van der Waals surface area contributed by atoms with Crippen LogP contribution in [0.15, 0.2) is 48.5 Å². The third-order valence-corrected chi connectivity index (χ3v) is 4.59. The first-order valence-electron chi connectivity index (χ1n) is 9.88. The van der Waals surface area contributed by atoms with Gasteiger partial charge in [0.05, 0.1) is 7.11 Å². The van der Waals surface area contributed by atoms with Crippen LogP contribution in [0.5, 0.6) is 11.5 Å². The molecule has 1 N–H and O–H groups in total. The van der Waals surface area contributed by atoms with E-state index in [2.05, 4.69) is 5.32 Å². The first kappa shape index (κ1) is 22.3. The summed E-state index contributed by atoms with van der Waals surface area (Å²) in [7, 11) is 1.59. The number of nitrogens with zero attached hydrogens (tertiary/aromatic N) is 1. The third kappa shape index (κ3) is 6.52. The number of aryl methyl sites for hydroxylation is 1. The largest absolute Gasteiger partial charge is 0.497 e. The van der Waals surface area contributed by atoms with Gasteiger partial charge in [0.2, 0.25) is 5.91 Å². The molecule has 2 amide bonds. The number of rotatable bonds is 10. The zero-order valence-electron chi connectivity index (χ0n) is 17.6. The Hall–Kier alpha value is -3.02. The van der Waals surface area contributed by atoms with Crippen molar-refractivity contribution in [2.45, 2.75) is 39.8 Å². The predicted molar refractivity (Wildman–Crippen MR) is 113 cm³/mol. The summed E-state index contributed by atoms with van der Waals surface area (Å²) in [6.45, 7) is 6.49. The van der Waals surface area contributed by atoms with Gasteiger partial charge in [0, 0.05) is 13.1 Å². The zero-order valence-corrected chi connectivity index (χ0v) is 17.6. The van der Waals surface area contributed by atoms with Gasteiger partial charge in [-0.25, -0.2) is 0 Å². The molecule has 0 unspecified atom stereocenters. The summed E-state index contributed by atoms with van der Waals surface area (Å²) in [6, 6.07) is 14.4. The highest BCUT2D eigenvalue weighted by molar-refractivity contribution is 5.88. The van der Waals surface area contributed by atoms with Gasteiger partial charge in [-0.3, -0.25) is 9.59 Å². The van der Waals surface area contributed by atoms with Crippen molar-refractivity contribution in [1.29, 1.82) is 0 Å². The Labute approximate surface area is 172 Å². The maximum absolute atomic E-state index is 13.0. The minimum atomic E-state index is -0.553. The van der Waals surface area contributed by atoms with Crippen LogP contribution in [-0.2, 0) is 16.1 Å². The number of carbonyl (C=O) groups excluding carboxylic acids is 2. The molecule has 29 heavy (non-hydrogen) atoms. The van der Waals surface area contributed by atoms with E-state index >= 15 is 0 Å². The first-order chi connectivity index (χ1) is 14.0. The van der Waals surface area contributed by atoms with Crippen LogP contribution in [0.1, 0.15) is 31.4 Å². The molecule has 0 bridgehead atoms. The van der Waals surface area contributed by atoms with Gasteiger partial charge in [0.1, 0.15) is 17.5 Å². The molecule has 1 atom stereocenters. The van der Waals surface area contributed by atoms with Crippen molar-refractivity contribution in [3.63, 3.8) is 0 Å². The molecule has 0 fully saturated rings. The Balaban J connectivity index is 2.17. The van der Waals surface area contributed by atoms with Crippen molar-refractivity contribution >= 4 is 11.8 Å². The molecule has 0 aliphatic rings. The van der Waals surface area contributed by atoms with Crippen molar-refractivity contribution in [3.8, 4) is 11.5 Å². The molecule has 0 heterocycles. The van der Waals surface area contributed by atoms with Crippen LogP contribution in [0.25, 0.3) is 0 Å². The van der Waals surface area contributed by atoms with E-state index in [0.29, 0.717) is 31.0 Å². The zero-order chi connectivity index (χ0) is 21.2. The van der Waals surface area contributed by atoms with Crippen LogP contribution >= 0.6 is 0 Å².